The third-order valence-electron chi connectivity index (χ3n) is 5.37. The number of amides is 2. The van der Waals surface area contributed by atoms with Gasteiger partial charge in [0.1, 0.15) is 11.5 Å². The standard InChI is InChI=1S/C24H25N3O6S/c1-16-9-10-21-20(14-16)27(34(2,30)31)12-11-22(33-21)24(29)26-19-8-4-3-7-18(19)23(28)25-15-17-6-5-13-32-17/h3-10,13-14,22H,11-12,15H2,1-2H3,(H,25,28)(H,26,29). The molecule has 0 aliphatic carbocycles. The number of carbonyl (C=O) groups excluding carboxylic acids is 2. The quantitative estimate of drug-likeness (QED) is 0.556. The largest absolute Gasteiger partial charge is 0.478 e. The molecular formula is C24H25N3O6S. The number of sulfonamides is 1. The molecule has 1 atom stereocenters. The van der Waals surface area contributed by atoms with Gasteiger partial charge in [0, 0.05) is 13.0 Å². The highest BCUT2D eigenvalue weighted by Crippen LogP contribution is 2.35. The molecule has 9 nitrogen and oxygen atoms in total. The molecule has 178 valence electrons. The van der Waals surface area contributed by atoms with Gasteiger partial charge in [0.05, 0.1) is 36.0 Å². The number of nitrogens with one attached hydrogen (secondary N) is 2. The molecule has 10 heteroatoms. The van der Waals surface area contributed by atoms with Crippen LogP contribution in [-0.4, -0.2) is 39.1 Å². The lowest BCUT2D eigenvalue weighted by Crippen LogP contribution is -2.36. The third-order valence-corrected chi connectivity index (χ3v) is 6.55. The number of fused-ring (bicyclic) bond motifs is 1. The second-order valence-corrected chi connectivity index (χ2v) is 9.91. The first-order valence-electron chi connectivity index (χ1n) is 10.7. The van der Waals surface area contributed by atoms with Crippen molar-refractivity contribution in [3.8, 4) is 5.75 Å². The van der Waals surface area contributed by atoms with Crippen LogP contribution in [0.2, 0.25) is 0 Å². The van der Waals surface area contributed by atoms with E-state index in [1.54, 1.807) is 54.6 Å². The van der Waals surface area contributed by atoms with Crippen LogP contribution in [0.5, 0.6) is 5.75 Å². The average Bonchev–Trinajstić information content (AvgIpc) is 3.23. The van der Waals surface area contributed by atoms with E-state index in [-0.39, 0.29) is 31.0 Å². The lowest BCUT2D eigenvalue weighted by molar-refractivity contribution is -0.122. The number of para-hydroxylation sites is 1. The van der Waals surface area contributed by atoms with Crippen LogP contribution in [0.1, 0.15) is 28.1 Å². The topological polar surface area (TPSA) is 118 Å². The molecule has 2 amide bonds. The molecule has 0 spiro atoms. The Balaban J connectivity index is 1.52. The molecule has 4 rings (SSSR count). The van der Waals surface area contributed by atoms with Crippen molar-refractivity contribution in [2.24, 2.45) is 0 Å². The van der Waals surface area contributed by atoms with Crippen molar-refractivity contribution in [1.29, 1.82) is 0 Å². The maximum atomic E-state index is 13.1. The smallest absolute Gasteiger partial charge is 0.265 e. The summed E-state index contributed by atoms with van der Waals surface area (Å²) >= 11 is 0. The number of ether oxygens (including phenoxy) is 1. The zero-order chi connectivity index (χ0) is 24.3. The van der Waals surface area contributed by atoms with Crippen molar-refractivity contribution in [2.45, 2.75) is 26.0 Å². The molecule has 0 saturated carbocycles. The number of anilines is 2. The summed E-state index contributed by atoms with van der Waals surface area (Å²) in [5, 5.41) is 5.52. The number of rotatable bonds is 6. The Hall–Kier alpha value is -3.79. The predicted molar refractivity (Wildman–Crippen MR) is 127 cm³/mol. The molecule has 0 radical (unpaired) electrons. The summed E-state index contributed by atoms with van der Waals surface area (Å²) in [5.74, 6) is 0.0514. The lowest BCUT2D eigenvalue weighted by atomic mass is 10.1. The fourth-order valence-electron chi connectivity index (χ4n) is 3.70. The number of benzene rings is 2. The SMILES string of the molecule is Cc1ccc2c(c1)N(S(C)(=O)=O)CCC(C(=O)Nc1ccccc1C(=O)NCc1ccco1)O2. The first-order chi connectivity index (χ1) is 16.2. The van der Waals surface area contributed by atoms with Gasteiger partial charge in [-0.05, 0) is 48.9 Å². The molecule has 0 fully saturated rings. The van der Waals surface area contributed by atoms with Crippen LogP contribution in [0.3, 0.4) is 0 Å². The maximum absolute atomic E-state index is 13.1. The van der Waals surface area contributed by atoms with Crippen LogP contribution >= 0.6 is 0 Å². The fraction of sp³-hybridized carbons (Fsp3) is 0.250. The molecule has 2 heterocycles. The van der Waals surface area contributed by atoms with E-state index in [1.807, 2.05) is 6.92 Å². The molecule has 1 unspecified atom stereocenters. The number of furan rings is 1. The van der Waals surface area contributed by atoms with Crippen molar-refractivity contribution in [3.63, 3.8) is 0 Å². The highest BCUT2D eigenvalue weighted by Gasteiger charge is 2.31. The Morgan fingerprint density at radius 2 is 1.91 bits per heavy atom. The predicted octanol–water partition coefficient (Wildman–Crippen LogP) is 3.07. The van der Waals surface area contributed by atoms with Gasteiger partial charge in [0.15, 0.2) is 6.10 Å². The van der Waals surface area contributed by atoms with Crippen LogP contribution in [-0.2, 0) is 21.4 Å². The summed E-state index contributed by atoms with van der Waals surface area (Å²) in [6, 6.07) is 15.3. The van der Waals surface area contributed by atoms with Crippen molar-refractivity contribution in [2.75, 3.05) is 22.4 Å². The molecule has 2 aromatic carbocycles. The summed E-state index contributed by atoms with van der Waals surface area (Å²) < 4.78 is 37.1. The van der Waals surface area contributed by atoms with Gasteiger partial charge in [0.25, 0.3) is 11.8 Å². The van der Waals surface area contributed by atoms with E-state index in [4.69, 9.17) is 9.15 Å². The Kier molecular flexibility index (Phi) is 6.60. The monoisotopic (exact) mass is 483 g/mol. The molecule has 1 aliphatic heterocycles. The molecule has 1 aliphatic rings. The molecule has 34 heavy (non-hydrogen) atoms. The van der Waals surface area contributed by atoms with Gasteiger partial charge < -0.3 is 19.8 Å². The van der Waals surface area contributed by atoms with Gasteiger partial charge in [-0.15, -0.1) is 0 Å². The lowest BCUT2D eigenvalue weighted by Gasteiger charge is -2.21. The van der Waals surface area contributed by atoms with Crippen molar-refractivity contribution >= 4 is 33.2 Å². The van der Waals surface area contributed by atoms with Gasteiger partial charge in [-0.25, -0.2) is 8.42 Å². The normalized spacial score (nSPS) is 15.6. The minimum absolute atomic E-state index is 0.0820. The van der Waals surface area contributed by atoms with E-state index in [9.17, 15) is 18.0 Å². The number of hydrogen-bond acceptors (Lipinski definition) is 6. The first kappa shape index (κ1) is 23.4. The van der Waals surface area contributed by atoms with Gasteiger partial charge in [0.2, 0.25) is 10.0 Å². The summed E-state index contributed by atoms with van der Waals surface area (Å²) in [7, 11) is -3.57. The average molecular weight is 484 g/mol. The van der Waals surface area contributed by atoms with Gasteiger partial charge in [-0.1, -0.05) is 18.2 Å². The second-order valence-electron chi connectivity index (χ2n) is 8.00. The number of hydrogen-bond donors (Lipinski definition) is 2. The van der Waals surface area contributed by atoms with Crippen molar-refractivity contribution in [3.05, 3.63) is 77.7 Å². The molecule has 0 saturated heterocycles. The van der Waals surface area contributed by atoms with Crippen LogP contribution in [0.25, 0.3) is 0 Å². The van der Waals surface area contributed by atoms with Gasteiger partial charge in [-0.3, -0.25) is 13.9 Å². The number of carbonyl (C=O) groups is 2. The fourth-order valence-corrected chi connectivity index (χ4v) is 4.63. The van der Waals surface area contributed by atoms with Crippen LogP contribution in [0, 0.1) is 6.92 Å². The maximum Gasteiger partial charge on any atom is 0.265 e. The van der Waals surface area contributed by atoms with E-state index < -0.39 is 22.0 Å². The first-order valence-corrected chi connectivity index (χ1v) is 12.5. The zero-order valence-corrected chi connectivity index (χ0v) is 19.6. The summed E-state index contributed by atoms with van der Waals surface area (Å²) in [4.78, 5) is 25.8. The number of aryl methyl sites for hydroxylation is 1. The van der Waals surface area contributed by atoms with Crippen molar-refractivity contribution in [1.82, 2.24) is 5.32 Å². The zero-order valence-electron chi connectivity index (χ0n) is 18.8. The number of nitrogens with zero attached hydrogens (tertiary/aromatic N) is 1. The van der Waals surface area contributed by atoms with E-state index in [1.165, 1.54) is 10.6 Å². The van der Waals surface area contributed by atoms with E-state index in [2.05, 4.69) is 10.6 Å². The molecule has 1 aromatic heterocycles. The van der Waals surface area contributed by atoms with E-state index in [0.29, 0.717) is 22.9 Å². The Labute approximate surface area is 197 Å². The van der Waals surface area contributed by atoms with Crippen LogP contribution < -0.4 is 19.7 Å². The Bertz CT molecular complexity index is 1300. The molecule has 2 N–H and O–H groups in total. The highest BCUT2D eigenvalue weighted by atomic mass is 32.2. The summed E-state index contributed by atoms with van der Waals surface area (Å²) in [6.07, 6.45) is 1.83. The molecular weight excluding hydrogens is 458 g/mol. The van der Waals surface area contributed by atoms with Crippen LogP contribution in [0.15, 0.2) is 65.3 Å². The Morgan fingerprint density at radius 3 is 2.65 bits per heavy atom. The Morgan fingerprint density at radius 1 is 1.12 bits per heavy atom. The van der Waals surface area contributed by atoms with Crippen molar-refractivity contribution < 1.29 is 27.2 Å². The van der Waals surface area contributed by atoms with E-state index in [0.717, 1.165) is 11.8 Å². The highest BCUT2D eigenvalue weighted by molar-refractivity contribution is 7.92. The molecule has 0 bridgehead atoms. The van der Waals surface area contributed by atoms with Gasteiger partial charge >= 0.3 is 0 Å². The minimum Gasteiger partial charge on any atom is -0.478 e. The second kappa shape index (κ2) is 9.60. The van der Waals surface area contributed by atoms with E-state index >= 15 is 0 Å². The third kappa shape index (κ3) is 5.23. The van der Waals surface area contributed by atoms with Crippen LogP contribution in [0.4, 0.5) is 11.4 Å². The molecule has 3 aromatic rings. The van der Waals surface area contributed by atoms with Gasteiger partial charge in [-0.2, -0.15) is 0 Å². The minimum atomic E-state index is -3.57. The summed E-state index contributed by atoms with van der Waals surface area (Å²) in [5.41, 5.74) is 1.87. The summed E-state index contributed by atoms with van der Waals surface area (Å²) in [6.45, 7) is 2.14.